The Kier molecular flexibility index (Phi) is 4.83. The molecular weight excluding hydrogens is 164 g/mol. The van der Waals surface area contributed by atoms with Gasteiger partial charge in [0.25, 0.3) is 0 Å². The highest BCUT2D eigenvalue weighted by Gasteiger charge is 2.12. The molecule has 13 heavy (non-hydrogen) atoms. The molecule has 0 aromatic rings. The molecule has 1 fully saturated rings. The molecule has 0 saturated carbocycles. The van der Waals surface area contributed by atoms with E-state index in [0.717, 1.165) is 25.4 Å². The molecule has 0 aliphatic carbocycles. The van der Waals surface area contributed by atoms with Gasteiger partial charge in [-0.1, -0.05) is 0 Å². The first-order valence-electron chi connectivity index (χ1n) is 5.09. The van der Waals surface area contributed by atoms with E-state index in [2.05, 4.69) is 17.7 Å². The summed E-state index contributed by atoms with van der Waals surface area (Å²) in [5.41, 5.74) is 0. The Bertz CT molecular complexity index is 153. The molecule has 0 atom stereocenters. The van der Waals surface area contributed by atoms with Crippen molar-refractivity contribution in [3.05, 3.63) is 7.05 Å². The van der Waals surface area contributed by atoms with Crippen LogP contribution in [-0.2, 0) is 4.79 Å². The monoisotopic (exact) mass is 183 g/mol. The van der Waals surface area contributed by atoms with Crippen LogP contribution in [0, 0.1) is 13.0 Å². The third-order valence-corrected chi connectivity index (χ3v) is 2.67. The van der Waals surface area contributed by atoms with Crippen LogP contribution in [0.3, 0.4) is 0 Å². The summed E-state index contributed by atoms with van der Waals surface area (Å²) >= 11 is 0. The Morgan fingerprint density at radius 2 is 2.15 bits per heavy atom. The lowest BCUT2D eigenvalue weighted by Gasteiger charge is -2.22. The van der Waals surface area contributed by atoms with Gasteiger partial charge in [-0.05, 0) is 44.7 Å². The number of hydrogen-bond donors (Lipinski definition) is 2. The van der Waals surface area contributed by atoms with Crippen LogP contribution in [0.25, 0.3) is 0 Å². The number of nitrogens with one attached hydrogen (secondary N) is 2. The first-order chi connectivity index (χ1) is 6.33. The molecule has 0 bridgehead atoms. The third-order valence-electron chi connectivity index (χ3n) is 2.67. The van der Waals surface area contributed by atoms with Gasteiger partial charge in [0, 0.05) is 13.5 Å². The van der Waals surface area contributed by atoms with Gasteiger partial charge in [-0.3, -0.25) is 4.79 Å². The third kappa shape index (κ3) is 4.27. The van der Waals surface area contributed by atoms with Crippen molar-refractivity contribution in [3.8, 4) is 0 Å². The zero-order valence-corrected chi connectivity index (χ0v) is 8.14. The Morgan fingerprint density at radius 3 is 2.77 bits per heavy atom. The maximum atomic E-state index is 10.9. The number of carbonyl (C=O) groups excluding carboxylic acids is 1. The average molecular weight is 183 g/mol. The molecule has 1 rings (SSSR count). The van der Waals surface area contributed by atoms with Crippen LogP contribution in [0.5, 0.6) is 0 Å². The highest BCUT2D eigenvalue weighted by molar-refractivity contribution is 5.75. The van der Waals surface area contributed by atoms with Gasteiger partial charge in [0.2, 0.25) is 5.91 Å². The summed E-state index contributed by atoms with van der Waals surface area (Å²) < 4.78 is 0. The first kappa shape index (κ1) is 10.5. The van der Waals surface area contributed by atoms with Gasteiger partial charge in [-0.15, -0.1) is 0 Å². The van der Waals surface area contributed by atoms with Crippen molar-refractivity contribution >= 4 is 5.91 Å². The second-order valence-electron chi connectivity index (χ2n) is 3.69. The van der Waals surface area contributed by atoms with Crippen molar-refractivity contribution in [2.45, 2.75) is 32.1 Å². The van der Waals surface area contributed by atoms with Gasteiger partial charge in [0.1, 0.15) is 0 Å². The molecule has 1 aliphatic rings. The largest absolute Gasteiger partial charge is 0.354 e. The maximum absolute atomic E-state index is 10.9. The van der Waals surface area contributed by atoms with Gasteiger partial charge in [-0.2, -0.15) is 0 Å². The zero-order chi connectivity index (χ0) is 9.52. The molecule has 0 aromatic carbocycles. The summed E-state index contributed by atoms with van der Waals surface area (Å²) in [5, 5.41) is 5.74. The van der Waals surface area contributed by atoms with Gasteiger partial charge in [-0.25, -0.2) is 0 Å². The number of amides is 1. The summed E-state index contributed by atoms with van der Waals surface area (Å²) in [5.74, 6) is 0.896. The molecule has 0 spiro atoms. The molecule has 75 valence electrons. The number of rotatable bonds is 4. The van der Waals surface area contributed by atoms with Crippen LogP contribution in [0.1, 0.15) is 32.1 Å². The number of hydrogen-bond acceptors (Lipinski definition) is 2. The van der Waals surface area contributed by atoms with E-state index in [0.29, 0.717) is 6.42 Å². The topological polar surface area (TPSA) is 41.1 Å². The molecule has 1 aliphatic heterocycles. The quantitative estimate of drug-likeness (QED) is 0.684. The second-order valence-corrected chi connectivity index (χ2v) is 3.69. The van der Waals surface area contributed by atoms with Crippen molar-refractivity contribution in [1.82, 2.24) is 10.6 Å². The van der Waals surface area contributed by atoms with Crippen molar-refractivity contribution < 1.29 is 4.79 Å². The Balaban J connectivity index is 2.01. The molecule has 3 nitrogen and oxygen atoms in total. The summed E-state index contributed by atoms with van der Waals surface area (Å²) in [6.07, 6.45) is 5.37. The van der Waals surface area contributed by atoms with E-state index in [1.807, 2.05) is 0 Å². The van der Waals surface area contributed by atoms with E-state index in [4.69, 9.17) is 0 Å². The molecule has 2 N–H and O–H groups in total. The van der Waals surface area contributed by atoms with E-state index in [1.54, 1.807) is 0 Å². The lowest BCUT2D eigenvalue weighted by Crippen LogP contribution is -2.27. The minimum Gasteiger partial charge on any atom is -0.354 e. The molecule has 0 unspecified atom stereocenters. The van der Waals surface area contributed by atoms with Gasteiger partial charge < -0.3 is 10.6 Å². The normalized spacial score (nSPS) is 18.5. The Labute approximate surface area is 80.3 Å². The van der Waals surface area contributed by atoms with Gasteiger partial charge >= 0.3 is 0 Å². The average Bonchev–Trinajstić information content (AvgIpc) is 2.19. The van der Waals surface area contributed by atoms with Gasteiger partial charge in [0.15, 0.2) is 0 Å². The van der Waals surface area contributed by atoms with E-state index < -0.39 is 0 Å². The summed E-state index contributed by atoms with van der Waals surface area (Å²) in [7, 11) is 3.34. The lowest BCUT2D eigenvalue weighted by atomic mass is 9.92. The van der Waals surface area contributed by atoms with Crippen molar-refractivity contribution in [2.75, 3.05) is 13.1 Å². The SMILES string of the molecule is [CH2]NC(=O)CCCC1CCNCC1. The predicted molar refractivity (Wildman–Crippen MR) is 52.9 cm³/mol. The van der Waals surface area contributed by atoms with Gasteiger partial charge in [0.05, 0.1) is 0 Å². The van der Waals surface area contributed by atoms with Crippen LogP contribution in [0.15, 0.2) is 0 Å². The summed E-state index contributed by atoms with van der Waals surface area (Å²) in [6.45, 7) is 2.29. The van der Waals surface area contributed by atoms with Crippen molar-refractivity contribution in [2.24, 2.45) is 5.92 Å². The summed E-state index contributed by atoms with van der Waals surface area (Å²) in [6, 6.07) is 0. The van der Waals surface area contributed by atoms with Crippen LogP contribution in [0.2, 0.25) is 0 Å². The van der Waals surface area contributed by atoms with Crippen molar-refractivity contribution in [1.29, 1.82) is 0 Å². The fourth-order valence-electron chi connectivity index (χ4n) is 1.81. The fraction of sp³-hybridized carbons (Fsp3) is 0.800. The fourth-order valence-corrected chi connectivity index (χ4v) is 1.81. The molecule has 1 heterocycles. The second kappa shape index (κ2) is 5.97. The predicted octanol–water partition coefficient (Wildman–Crippen LogP) is 1.06. The minimum absolute atomic E-state index is 0.0638. The highest BCUT2D eigenvalue weighted by atomic mass is 16.1. The first-order valence-corrected chi connectivity index (χ1v) is 5.09. The van der Waals surface area contributed by atoms with Crippen molar-refractivity contribution in [3.63, 3.8) is 0 Å². The number of carbonyl (C=O) groups is 1. The molecule has 1 saturated heterocycles. The van der Waals surface area contributed by atoms with Crippen LogP contribution in [0.4, 0.5) is 0 Å². The smallest absolute Gasteiger partial charge is 0.220 e. The molecule has 1 amide bonds. The number of piperidine rings is 1. The van der Waals surface area contributed by atoms with E-state index in [1.165, 1.54) is 19.3 Å². The molecular formula is C10H19N2O. The molecule has 0 aromatic heterocycles. The van der Waals surface area contributed by atoms with E-state index >= 15 is 0 Å². The summed E-state index contributed by atoms with van der Waals surface area (Å²) in [4.78, 5) is 10.9. The lowest BCUT2D eigenvalue weighted by molar-refractivity contribution is -0.120. The van der Waals surface area contributed by atoms with E-state index in [-0.39, 0.29) is 5.91 Å². The van der Waals surface area contributed by atoms with Crippen LogP contribution >= 0.6 is 0 Å². The minimum atomic E-state index is 0.0638. The van der Waals surface area contributed by atoms with Crippen LogP contribution in [-0.4, -0.2) is 19.0 Å². The van der Waals surface area contributed by atoms with E-state index in [9.17, 15) is 4.79 Å². The standard InChI is InChI=1S/C10H19N2O/c1-11-10(13)4-2-3-9-5-7-12-8-6-9/h9,12H,1-8H2,(H,11,13). The van der Waals surface area contributed by atoms with Crippen LogP contribution < -0.4 is 10.6 Å². The maximum Gasteiger partial charge on any atom is 0.220 e. The molecule has 1 radical (unpaired) electrons. The highest BCUT2D eigenvalue weighted by Crippen LogP contribution is 2.18. The zero-order valence-electron chi connectivity index (χ0n) is 8.14. The Morgan fingerprint density at radius 1 is 1.46 bits per heavy atom. The molecule has 3 heteroatoms. The Hall–Kier alpha value is -0.570.